The summed E-state index contributed by atoms with van der Waals surface area (Å²) in [5.41, 5.74) is 0.428. The molecular weight excluding hydrogens is 349 g/mol. The topological polar surface area (TPSA) is 102 Å². The summed E-state index contributed by atoms with van der Waals surface area (Å²) in [6.45, 7) is 4.04. The van der Waals surface area contributed by atoms with Gasteiger partial charge in [0.2, 0.25) is 21.6 Å². The SMILES string of the molecule is CC(C)C(=O)NCCCc1nnc(S(=O)(=O)Cc2ccc(F)cc2)o1. The zero-order chi connectivity index (χ0) is 18.4. The van der Waals surface area contributed by atoms with Gasteiger partial charge in [-0.2, -0.15) is 0 Å². The first-order chi connectivity index (χ1) is 11.8. The van der Waals surface area contributed by atoms with E-state index in [4.69, 9.17) is 4.42 Å². The van der Waals surface area contributed by atoms with Crippen LogP contribution in [0.5, 0.6) is 0 Å². The van der Waals surface area contributed by atoms with Crippen LogP contribution in [0.2, 0.25) is 0 Å². The van der Waals surface area contributed by atoms with E-state index in [2.05, 4.69) is 15.5 Å². The first-order valence-electron chi connectivity index (χ1n) is 7.85. The highest BCUT2D eigenvalue weighted by Crippen LogP contribution is 2.16. The van der Waals surface area contributed by atoms with Crippen LogP contribution >= 0.6 is 0 Å². The molecule has 2 aromatic rings. The van der Waals surface area contributed by atoms with Crippen LogP contribution in [-0.4, -0.2) is 31.1 Å². The van der Waals surface area contributed by atoms with Gasteiger partial charge in [-0.15, -0.1) is 5.10 Å². The summed E-state index contributed by atoms with van der Waals surface area (Å²) >= 11 is 0. The second-order valence-electron chi connectivity index (χ2n) is 5.90. The lowest BCUT2D eigenvalue weighted by Gasteiger charge is -2.05. The molecule has 0 saturated heterocycles. The van der Waals surface area contributed by atoms with E-state index in [0.29, 0.717) is 24.9 Å². The first kappa shape index (κ1) is 19.0. The number of benzene rings is 1. The van der Waals surface area contributed by atoms with Crippen molar-refractivity contribution in [3.8, 4) is 0 Å². The van der Waals surface area contributed by atoms with E-state index in [0.717, 1.165) is 0 Å². The Hall–Kier alpha value is -2.29. The van der Waals surface area contributed by atoms with Crippen LogP contribution in [0.4, 0.5) is 4.39 Å². The summed E-state index contributed by atoms with van der Waals surface area (Å²) in [5.74, 6) is -0.735. The maximum atomic E-state index is 12.9. The Morgan fingerprint density at radius 2 is 1.92 bits per heavy atom. The van der Waals surface area contributed by atoms with Gasteiger partial charge in [-0.1, -0.05) is 31.1 Å². The minimum absolute atomic E-state index is 0.0481. The molecule has 0 saturated carbocycles. The van der Waals surface area contributed by atoms with Gasteiger partial charge < -0.3 is 9.73 Å². The van der Waals surface area contributed by atoms with Crippen molar-refractivity contribution in [2.45, 2.75) is 37.7 Å². The predicted octanol–water partition coefficient (Wildman–Crippen LogP) is 1.89. The van der Waals surface area contributed by atoms with E-state index >= 15 is 0 Å². The molecule has 0 radical (unpaired) electrons. The largest absolute Gasteiger partial charge is 0.413 e. The molecule has 136 valence electrons. The Morgan fingerprint density at radius 1 is 1.24 bits per heavy atom. The fraction of sp³-hybridized carbons (Fsp3) is 0.438. The summed E-state index contributed by atoms with van der Waals surface area (Å²) in [4.78, 5) is 11.4. The fourth-order valence-corrected chi connectivity index (χ4v) is 3.13. The molecule has 0 fully saturated rings. The molecule has 0 aliphatic rings. The summed E-state index contributed by atoms with van der Waals surface area (Å²) in [5, 5.41) is 9.59. The van der Waals surface area contributed by atoms with Crippen LogP contribution in [0.1, 0.15) is 31.7 Å². The normalized spacial score (nSPS) is 11.7. The average molecular weight is 369 g/mol. The zero-order valence-electron chi connectivity index (χ0n) is 14.0. The number of rotatable bonds is 8. The van der Waals surface area contributed by atoms with Crippen molar-refractivity contribution in [3.63, 3.8) is 0 Å². The van der Waals surface area contributed by atoms with Crippen LogP contribution in [0, 0.1) is 11.7 Å². The van der Waals surface area contributed by atoms with Crippen LogP contribution < -0.4 is 5.32 Å². The number of amides is 1. The second kappa shape index (κ2) is 8.19. The predicted molar refractivity (Wildman–Crippen MR) is 87.8 cm³/mol. The molecule has 0 bridgehead atoms. The number of sulfone groups is 1. The molecule has 2 rings (SSSR count). The molecule has 1 aromatic carbocycles. The van der Waals surface area contributed by atoms with E-state index < -0.39 is 20.9 Å². The molecule has 7 nitrogen and oxygen atoms in total. The summed E-state index contributed by atoms with van der Waals surface area (Å²) in [7, 11) is -3.79. The Kier molecular flexibility index (Phi) is 6.24. The van der Waals surface area contributed by atoms with Gasteiger partial charge in [0.1, 0.15) is 5.82 Å². The van der Waals surface area contributed by atoms with Gasteiger partial charge in [-0.3, -0.25) is 4.79 Å². The molecule has 0 atom stereocenters. The number of halogens is 1. The Bertz CT molecular complexity index is 816. The van der Waals surface area contributed by atoms with E-state index in [1.165, 1.54) is 24.3 Å². The number of nitrogens with one attached hydrogen (secondary N) is 1. The van der Waals surface area contributed by atoms with Crippen LogP contribution in [-0.2, 0) is 26.8 Å². The van der Waals surface area contributed by atoms with Crippen LogP contribution in [0.3, 0.4) is 0 Å². The third-order valence-electron chi connectivity index (χ3n) is 3.38. The van der Waals surface area contributed by atoms with Gasteiger partial charge in [0, 0.05) is 18.9 Å². The highest BCUT2D eigenvalue weighted by Gasteiger charge is 2.23. The lowest BCUT2D eigenvalue weighted by molar-refractivity contribution is -0.123. The van der Waals surface area contributed by atoms with Gasteiger partial charge >= 0.3 is 5.22 Å². The quantitative estimate of drug-likeness (QED) is 0.713. The summed E-state index contributed by atoms with van der Waals surface area (Å²) < 4.78 is 42.6. The van der Waals surface area contributed by atoms with Gasteiger partial charge in [0.25, 0.3) is 0 Å². The zero-order valence-corrected chi connectivity index (χ0v) is 14.8. The molecule has 1 heterocycles. The highest BCUT2D eigenvalue weighted by molar-refractivity contribution is 7.90. The Labute approximate surface area is 145 Å². The summed E-state index contributed by atoms with van der Waals surface area (Å²) in [6, 6.07) is 5.16. The van der Waals surface area contributed by atoms with Crippen molar-refractivity contribution in [1.29, 1.82) is 0 Å². The minimum atomic E-state index is -3.79. The number of carbonyl (C=O) groups excluding carboxylic acids is 1. The molecular formula is C16H20FN3O4S. The number of hydrogen-bond donors (Lipinski definition) is 1. The van der Waals surface area contributed by atoms with E-state index in [1.807, 2.05) is 0 Å². The number of aryl methyl sites for hydroxylation is 1. The number of carbonyl (C=O) groups is 1. The molecule has 0 unspecified atom stereocenters. The number of nitrogens with zero attached hydrogens (tertiary/aromatic N) is 2. The van der Waals surface area contributed by atoms with Crippen molar-refractivity contribution in [2.24, 2.45) is 5.92 Å². The van der Waals surface area contributed by atoms with Gasteiger partial charge in [0.15, 0.2) is 0 Å². The smallest absolute Gasteiger partial charge is 0.335 e. The number of hydrogen-bond acceptors (Lipinski definition) is 6. The van der Waals surface area contributed by atoms with Gasteiger partial charge in [0.05, 0.1) is 5.75 Å². The molecule has 25 heavy (non-hydrogen) atoms. The summed E-state index contributed by atoms with van der Waals surface area (Å²) in [6.07, 6.45) is 0.912. The monoisotopic (exact) mass is 369 g/mol. The van der Waals surface area contributed by atoms with Gasteiger partial charge in [-0.05, 0) is 24.1 Å². The maximum Gasteiger partial charge on any atom is 0.335 e. The van der Waals surface area contributed by atoms with Crippen molar-refractivity contribution in [3.05, 3.63) is 41.5 Å². The first-order valence-corrected chi connectivity index (χ1v) is 9.50. The molecule has 9 heteroatoms. The van der Waals surface area contributed by atoms with E-state index in [-0.39, 0.29) is 23.5 Å². The lowest BCUT2D eigenvalue weighted by atomic mass is 10.2. The fourth-order valence-electron chi connectivity index (χ4n) is 1.98. The molecule has 1 aromatic heterocycles. The molecule has 1 amide bonds. The van der Waals surface area contributed by atoms with Crippen molar-refractivity contribution in [2.75, 3.05) is 6.54 Å². The van der Waals surface area contributed by atoms with Crippen molar-refractivity contribution < 1.29 is 22.0 Å². The van der Waals surface area contributed by atoms with E-state index in [9.17, 15) is 17.6 Å². The van der Waals surface area contributed by atoms with E-state index in [1.54, 1.807) is 13.8 Å². The lowest BCUT2D eigenvalue weighted by Crippen LogP contribution is -2.28. The van der Waals surface area contributed by atoms with Crippen molar-refractivity contribution >= 4 is 15.7 Å². The standard InChI is InChI=1S/C16H20FN3O4S/c1-11(2)15(21)18-9-3-4-14-19-20-16(24-14)25(22,23)10-12-5-7-13(17)8-6-12/h5-8,11H,3-4,9-10H2,1-2H3,(H,18,21). The average Bonchev–Trinajstić information content (AvgIpc) is 3.03. The van der Waals surface area contributed by atoms with Crippen LogP contribution in [0.15, 0.2) is 33.9 Å². The molecule has 0 spiro atoms. The maximum absolute atomic E-state index is 12.9. The Balaban J connectivity index is 1.91. The molecule has 0 aliphatic carbocycles. The molecule has 0 aliphatic heterocycles. The van der Waals surface area contributed by atoms with Crippen molar-refractivity contribution in [1.82, 2.24) is 15.5 Å². The Morgan fingerprint density at radius 3 is 2.56 bits per heavy atom. The number of aromatic nitrogens is 2. The third-order valence-corrected chi connectivity index (χ3v) is 4.79. The highest BCUT2D eigenvalue weighted by atomic mass is 32.2. The van der Waals surface area contributed by atoms with Crippen LogP contribution in [0.25, 0.3) is 0 Å². The molecule has 1 N–H and O–H groups in total. The second-order valence-corrected chi connectivity index (χ2v) is 7.76. The van der Waals surface area contributed by atoms with Gasteiger partial charge in [-0.25, -0.2) is 12.8 Å². The minimum Gasteiger partial charge on any atom is -0.413 e. The third kappa shape index (κ3) is 5.63.